The smallest absolute Gasteiger partial charge is 0.323 e. The zero-order valence-corrected chi connectivity index (χ0v) is 14.6. The van der Waals surface area contributed by atoms with E-state index in [2.05, 4.69) is 36.1 Å². The quantitative estimate of drug-likeness (QED) is 0.509. The van der Waals surface area contributed by atoms with Crippen molar-refractivity contribution >= 4 is 5.97 Å². The van der Waals surface area contributed by atoms with Gasteiger partial charge in [0.2, 0.25) is 0 Å². The van der Waals surface area contributed by atoms with Gasteiger partial charge in [0.05, 0.1) is 0 Å². The highest BCUT2D eigenvalue weighted by molar-refractivity contribution is 5.78. The first-order chi connectivity index (χ1) is 9.85. The highest BCUT2D eigenvalue weighted by Crippen LogP contribution is 2.14. The Morgan fingerprint density at radius 3 is 2.19 bits per heavy atom. The third-order valence-corrected chi connectivity index (χ3v) is 3.97. The van der Waals surface area contributed by atoms with Crippen LogP contribution in [-0.2, 0) is 4.79 Å². The fourth-order valence-corrected chi connectivity index (χ4v) is 2.51. The van der Waals surface area contributed by atoms with Crippen LogP contribution < -0.4 is 5.32 Å². The summed E-state index contributed by atoms with van der Waals surface area (Å²) >= 11 is 0. The van der Waals surface area contributed by atoms with Gasteiger partial charge in [-0.05, 0) is 79.4 Å². The first-order valence-electron chi connectivity index (χ1n) is 8.21. The van der Waals surface area contributed by atoms with Gasteiger partial charge in [0.15, 0.2) is 0 Å². The van der Waals surface area contributed by atoms with Crippen molar-refractivity contribution in [3.63, 3.8) is 0 Å². The summed E-state index contributed by atoms with van der Waals surface area (Å²) in [6.45, 7) is 11.0. The van der Waals surface area contributed by atoms with Gasteiger partial charge in [-0.2, -0.15) is 0 Å². The SMILES string of the molecule is CCNC(C)(CCCCN(CC)CCCN(C)C)C(=O)O. The van der Waals surface area contributed by atoms with Crippen molar-refractivity contribution < 1.29 is 9.90 Å². The van der Waals surface area contributed by atoms with Crippen molar-refractivity contribution in [3.8, 4) is 0 Å². The minimum atomic E-state index is -0.781. The molecule has 0 aliphatic heterocycles. The van der Waals surface area contributed by atoms with Crippen molar-refractivity contribution in [2.45, 2.75) is 52.0 Å². The highest BCUT2D eigenvalue weighted by atomic mass is 16.4. The molecular formula is C16H35N3O2. The number of rotatable bonds is 13. The van der Waals surface area contributed by atoms with Gasteiger partial charge >= 0.3 is 5.97 Å². The van der Waals surface area contributed by atoms with Crippen LogP contribution in [0.25, 0.3) is 0 Å². The van der Waals surface area contributed by atoms with Crippen LogP contribution in [0.2, 0.25) is 0 Å². The van der Waals surface area contributed by atoms with Gasteiger partial charge in [-0.15, -0.1) is 0 Å². The number of carboxylic acid groups (broad SMARTS) is 1. The van der Waals surface area contributed by atoms with Gasteiger partial charge in [-0.25, -0.2) is 0 Å². The number of unbranched alkanes of at least 4 members (excludes halogenated alkanes) is 1. The summed E-state index contributed by atoms with van der Waals surface area (Å²) in [4.78, 5) is 16.0. The molecule has 126 valence electrons. The Bertz CT molecular complexity index is 285. The van der Waals surface area contributed by atoms with Gasteiger partial charge in [-0.3, -0.25) is 4.79 Å². The van der Waals surface area contributed by atoms with E-state index in [1.165, 1.54) is 6.42 Å². The van der Waals surface area contributed by atoms with Crippen LogP contribution in [0.15, 0.2) is 0 Å². The molecule has 5 nitrogen and oxygen atoms in total. The summed E-state index contributed by atoms with van der Waals surface area (Å²) in [6, 6.07) is 0. The summed E-state index contributed by atoms with van der Waals surface area (Å²) < 4.78 is 0. The van der Waals surface area contributed by atoms with Gasteiger partial charge in [0.1, 0.15) is 5.54 Å². The maximum atomic E-state index is 11.3. The van der Waals surface area contributed by atoms with Crippen LogP contribution in [-0.4, -0.2) is 73.2 Å². The second kappa shape index (κ2) is 11.0. The molecule has 21 heavy (non-hydrogen) atoms. The van der Waals surface area contributed by atoms with E-state index >= 15 is 0 Å². The Labute approximate surface area is 130 Å². The number of nitrogens with one attached hydrogen (secondary N) is 1. The van der Waals surface area contributed by atoms with Crippen LogP contribution in [0.4, 0.5) is 0 Å². The molecule has 0 bridgehead atoms. The van der Waals surface area contributed by atoms with Crippen LogP contribution in [0, 0.1) is 0 Å². The lowest BCUT2D eigenvalue weighted by atomic mass is 9.95. The van der Waals surface area contributed by atoms with E-state index in [0.717, 1.165) is 39.0 Å². The van der Waals surface area contributed by atoms with Crippen molar-refractivity contribution in [2.24, 2.45) is 0 Å². The molecule has 0 aromatic heterocycles. The molecule has 0 aromatic carbocycles. The fourth-order valence-electron chi connectivity index (χ4n) is 2.51. The summed E-state index contributed by atoms with van der Waals surface area (Å²) in [5.41, 5.74) is -0.781. The Hall–Kier alpha value is -0.650. The number of hydrogen-bond donors (Lipinski definition) is 2. The highest BCUT2D eigenvalue weighted by Gasteiger charge is 2.30. The second-order valence-corrected chi connectivity index (χ2v) is 6.22. The van der Waals surface area contributed by atoms with E-state index in [-0.39, 0.29) is 0 Å². The van der Waals surface area contributed by atoms with Crippen LogP contribution in [0.1, 0.15) is 46.5 Å². The molecule has 2 N–H and O–H groups in total. The Balaban J connectivity index is 3.96. The van der Waals surface area contributed by atoms with E-state index in [9.17, 15) is 9.90 Å². The van der Waals surface area contributed by atoms with Gasteiger partial charge in [0, 0.05) is 0 Å². The molecule has 5 heteroatoms. The number of carbonyl (C=O) groups is 1. The fraction of sp³-hybridized carbons (Fsp3) is 0.938. The zero-order valence-electron chi connectivity index (χ0n) is 14.6. The zero-order chi connectivity index (χ0) is 16.3. The van der Waals surface area contributed by atoms with Gasteiger partial charge < -0.3 is 20.2 Å². The topological polar surface area (TPSA) is 55.8 Å². The molecule has 1 atom stereocenters. The average Bonchev–Trinajstić information content (AvgIpc) is 2.41. The first-order valence-corrected chi connectivity index (χ1v) is 8.21. The maximum absolute atomic E-state index is 11.3. The van der Waals surface area contributed by atoms with Crippen LogP contribution in [0.5, 0.6) is 0 Å². The maximum Gasteiger partial charge on any atom is 0.323 e. The van der Waals surface area contributed by atoms with Crippen LogP contribution in [0.3, 0.4) is 0 Å². The van der Waals surface area contributed by atoms with E-state index in [4.69, 9.17) is 0 Å². The van der Waals surface area contributed by atoms with E-state index in [1.807, 2.05) is 6.92 Å². The number of carboxylic acids is 1. The summed E-state index contributed by atoms with van der Waals surface area (Å²) in [6.07, 6.45) is 3.88. The molecule has 0 radical (unpaired) electrons. The lowest BCUT2D eigenvalue weighted by molar-refractivity contribution is -0.144. The summed E-state index contributed by atoms with van der Waals surface area (Å²) in [5, 5.41) is 12.4. The van der Waals surface area contributed by atoms with E-state index < -0.39 is 11.5 Å². The molecule has 0 saturated heterocycles. The lowest BCUT2D eigenvalue weighted by Crippen LogP contribution is -2.49. The van der Waals surface area contributed by atoms with Crippen molar-refractivity contribution in [1.82, 2.24) is 15.1 Å². The van der Waals surface area contributed by atoms with Crippen molar-refractivity contribution in [3.05, 3.63) is 0 Å². The molecule has 0 saturated carbocycles. The summed E-state index contributed by atoms with van der Waals surface area (Å²) in [7, 11) is 4.20. The molecule has 0 heterocycles. The second-order valence-electron chi connectivity index (χ2n) is 6.22. The molecule has 0 fully saturated rings. The third-order valence-electron chi connectivity index (χ3n) is 3.97. The van der Waals surface area contributed by atoms with Crippen LogP contribution >= 0.6 is 0 Å². The van der Waals surface area contributed by atoms with E-state index in [0.29, 0.717) is 13.0 Å². The third kappa shape index (κ3) is 9.06. The monoisotopic (exact) mass is 301 g/mol. The number of likely N-dealkylation sites (N-methyl/N-ethyl adjacent to an activating group) is 1. The standard InChI is InChI=1S/C16H35N3O2/c1-6-17-16(3,15(20)21)11-8-9-13-19(7-2)14-10-12-18(4)5/h17H,6-14H2,1-5H3,(H,20,21). The Morgan fingerprint density at radius 1 is 1.10 bits per heavy atom. The minimum Gasteiger partial charge on any atom is -0.480 e. The number of aliphatic carboxylic acids is 1. The number of nitrogens with zero attached hydrogens (tertiary/aromatic N) is 2. The molecule has 0 aromatic rings. The Kier molecular flexibility index (Phi) is 10.6. The van der Waals surface area contributed by atoms with Gasteiger partial charge in [0.25, 0.3) is 0 Å². The molecule has 0 rings (SSSR count). The molecule has 0 aliphatic carbocycles. The predicted octanol–water partition coefficient (Wildman–Crippen LogP) is 1.88. The number of hydrogen-bond acceptors (Lipinski definition) is 4. The summed E-state index contributed by atoms with van der Waals surface area (Å²) in [5.74, 6) is -0.748. The predicted molar refractivity (Wildman–Crippen MR) is 88.9 cm³/mol. The first kappa shape index (κ1) is 20.3. The van der Waals surface area contributed by atoms with Gasteiger partial charge in [-0.1, -0.05) is 13.8 Å². The largest absolute Gasteiger partial charge is 0.480 e. The molecule has 0 spiro atoms. The lowest BCUT2D eigenvalue weighted by Gasteiger charge is -2.26. The Morgan fingerprint density at radius 2 is 1.71 bits per heavy atom. The molecular weight excluding hydrogens is 266 g/mol. The molecule has 1 unspecified atom stereocenters. The molecule has 0 aliphatic rings. The van der Waals surface area contributed by atoms with E-state index in [1.54, 1.807) is 6.92 Å². The van der Waals surface area contributed by atoms with Crippen molar-refractivity contribution in [1.29, 1.82) is 0 Å². The normalized spacial score (nSPS) is 14.6. The minimum absolute atomic E-state index is 0.686. The average molecular weight is 301 g/mol. The molecule has 0 amide bonds. The van der Waals surface area contributed by atoms with Crippen molar-refractivity contribution in [2.75, 3.05) is 46.8 Å².